The first-order valence-electron chi connectivity index (χ1n) is 6.78. The van der Waals surface area contributed by atoms with E-state index < -0.39 is 0 Å². The molecule has 0 bridgehead atoms. The van der Waals surface area contributed by atoms with E-state index in [1.54, 1.807) is 0 Å². The van der Waals surface area contributed by atoms with Crippen LogP contribution in [0.4, 0.5) is 5.82 Å². The first kappa shape index (κ1) is 14.2. The number of nitrogen functional groups attached to an aromatic ring is 1. The number of hydrazine groups is 1. The lowest BCUT2D eigenvalue weighted by Gasteiger charge is -2.25. The molecule has 0 spiro atoms. The molecule has 1 saturated heterocycles. The van der Waals surface area contributed by atoms with Gasteiger partial charge >= 0.3 is 0 Å². The van der Waals surface area contributed by atoms with Crippen LogP contribution in [0.3, 0.4) is 0 Å². The fourth-order valence-corrected chi connectivity index (χ4v) is 2.65. The van der Waals surface area contributed by atoms with Crippen molar-refractivity contribution in [2.45, 2.75) is 32.4 Å². The third kappa shape index (κ3) is 3.86. The van der Waals surface area contributed by atoms with E-state index in [0.29, 0.717) is 11.9 Å². The summed E-state index contributed by atoms with van der Waals surface area (Å²) in [6, 6.07) is 2.50. The number of nitrogens with two attached hydrogens (primary N) is 1. The minimum Gasteiger partial charge on any atom is -0.308 e. The molecule has 0 aliphatic carbocycles. The quantitative estimate of drug-likeness (QED) is 0.599. The second-order valence-electron chi connectivity index (χ2n) is 5.43. The van der Waals surface area contributed by atoms with Crippen LogP contribution in [0.1, 0.15) is 24.4 Å². The maximum absolute atomic E-state index is 5.41. The molecule has 0 amide bonds. The highest BCUT2D eigenvalue weighted by Gasteiger charge is 2.22. The molecule has 0 saturated carbocycles. The summed E-state index contributed by atoms with van der Waals surface area (Å²) in [7, 11) is 4.32. The van der Waals surface area contributed by atoms with Crippen LogP contribution in [0.2, 0.25) is 0 Å². The zero-order valence-corrected chi connectivity index (χ0v) is 12.1. The van der Waals surface area contributed by atoms with E-state index in [2.05, 4.69) is 39.3 Å². The number of anilines is 1. The minimum absolute atomic E-state index is 0.655. The number of hydrogen-bond acceptors (Lipinski definition) is 6. The first-order chi connectivity index (χ1) is 9.08. The van der Waals surface area contributed by atoms with Crippen LogP contribution >= 0.6 is 0 Å². The Balaban J connectivity index is 1.94. The molecule has 1 aromatic rings. The second-order valence-corrected chi connectivity index (χ2v) is 5.43. The van der Waals surface area contributed by atoms with Crippen molar-refractivity contribution in [3.8, 4) is 0 Å². The lowest BCUT2D eigenvalue weighted by atomic mass is 10.2. The molecule has 1 aliphatic rings. The summed E-state index contributed by atoms with van der Waals surface area (Å²) in [6.07, 6.45) is 2.59. The molecular formula is C13H24N6. The van der Waals surface area contributed by atoms with Crippen molar-refractivity contribution in [2.75, 3.05) is 32.6 Å². The standard InChI is InChI=1S/C13H24N6/c1-10-7-12(17-14)16-13(15-10)9-18(2)8-11-5-4-6-19(11)3/h7,11H,4-6,8-9,14H2,1-3H3,(H,15,16,17). The largest absolute Gasteiger partial charge is 0.308 e. The van der Waals surface area contributed by atoms with Crippen molar-refractivity contribution in [1.82, 2.24) is 19.8 Å². The lowest BCUT2D eigenvalue weighted by molar-refractivity contribution is 0.212. The van der Waals surface area contributed by atoms with Gasteiger partial charge in [-0.15, -0.1) is 0 Å². The molecule has 19 heavy (non-hydrogen) atoms. The van der Waals surface area contributed by atoms with Crippen molar-refractivity contribution >= 4 is 5.82 Å². The Morgan fingerprint density at radius 3 is 2.95 bits per heavy atom. The molecule has 1 atom stereocenters. The SMILES string of the molecule is Cc1cc(NN)nc(CN(C)CC2CCCN2C)n1. The van der Waals surface area contributed by atoms with E-state index in [-0.39, 0.29) is 0 Å². The van der Waals surface area contributed by atoms with Gasteiger partial charge in [-0.05, 0) is 40.4 Å². The number of nitrogens with one attached hydrogen (secondary N) is 1. The Labute approximate surface area is 115 Å². The summed E-state index contributed by atoms with van der Waals surface area (Å²) in [4.78, 5) is 13.5. The fourth-order valence-electron chi connectivity index (χ4n) is 2.65. The van der Waals surface area contributed by atoms with Gasteiger partial charge < -0.3 is 10.3 Å². The van der Waals surface area contributed by atoms with Gasteiger partial charge in [-0.1, -0.05) is 0 Å². The van der Waals surface area contributed by atoms with Crippen LogP contribution in [0.15, 0.2) is 6.07 Å². The van der Waals surface area contributed by atoms with Gasteiger partial charge in [0.05, 0.1) is 6.54 Å². The molecule has 0 aromatic carbocycles. The lowest BCUT2D eigenvalue weighted by Crippen LogP contribution is -2.36. The van der Waals surface area contributed by atoms with Crippen LogP contribution in [0.25, 0.3) is 0 Å². The van der Waals surface area contributed by atoms with Gasteiger partial charge in [-0.25, -0.2) is 15.8 Å². The van der Waals surface area contributed by atoms with Gasteiger partial charge in [0.25, 0.3) is 0 Å². The highest BCUT2D eigenvalue weighted by atomic mass is 15.3. The Morgan fingerprint density at radius 1 is 1.53 bits per heavy atom. The van der Waals surface area contributed by atoms with E-state index in [0.717, 1.165) is 24.6 Å². The number of hydrogen-bond donors (Lipinski definition) is 2. The summed E-state index contributed by atoms with van der Waals surface area (Å²) in [5.41, 5.74) is 3.52. The van der Waals surface area contributed by atoms with Crippen molar-refractivity contribution in [2.24, 2.45) is 5.84 Å². The predicted molar refractivity (Wildman–Crippen MR) is 76.6 cm³/mol. The Morgan fingerprint density at radius 2 is 2.32 bits per heavy atom. The number of nitrogens with zero attached hydrogens (tertiary/aromatic N) is 4. The van der Waals surface area contributed by atoms with E-state index in [1.165, 1.54) is 19.4 Å². The number of rotatable bonds is 5. The van der Waals surface area contributed by atoms with E-state index in [1.807, 2.05) is 13.0 Å². The smallest absolute Gasteiger partial charge is 0.144 e. The van der Waals surface area contributed by atoms with E-state index in [4.69, 9.17) is 5.84 Å². The van der Waals surface area contributed by atoms with Crippen molar-refractivity contribution in [1.29, 1.82) is 0 Å². The van der Waals surface area contributed by atoms with Crippen molar-refractivity contribution in [3.05, 3.63) is 17.6 Å². The van der Waals surface area contributed by atoms with Crippen LogP contribution < -0.4 is 11.3 Å². The maximum Gasteiger partial charge on any atom is 0.144 e. The molecule has 3 N–H and O–H groups in total. The van der Waals surface area contributed by atoms with Crippen LogP contribution in [-0.2, 0) is 6.54 Å². The molecule has 6 nitrogen and oxygen atoms in total. The number of aryl methyl sites for hydroxylation is 1. The monoisotopic (exact) mass is 264 g/mol. The Kier molecular flexibility index (Phi) is 4.68. The first-order valence-corrected chi connectivity index (χ1v) is 6.78. The average molecular weight is 264 g/mol. The van der Waals surface area contributed by atoms with Gasteiger partial charge in [0.1, 0.15) is 11.6 Å². The van der Waals surface area contributed by atoms with Crippen molar-refractivity contribution in [3.63, 3.8) is 0 Å². The van der Waals surface area contributed by atoms with Gasteiger partial charge in [0.2, 0.25) is 0 Å². The molecule has 1 aliphatic heterocycles. The molecule has 6 heteroatoms. The molecule has 0 radical (unpaired) electrons. The van der Waals surface area contributed by atoms with Crippen LogP contribution in [0.5, 0.6) is 0 Å². The number of likely N-dealkylation sites (tertiary alicyclic amines) is 1. The Hall–Kier alpha value is -1.24. The predicted octanol–water partition coefficient (Wildman–Crippen LogP) is 0.597. The molecule has 2 rings (SSSR count). The van der Waals surface area contributed by atoms with E-state index in [9.17, 15) is 0 Å². The zero-order valence-electron chi connectivity index (χ0n) is 12.1. The third-order valence-corrected chi connectivity index (χ3v) is 3.65. The number of likely N-dealkylation sites (N-methyl/N-ethyl adjacent to an activating group) is 2. The molecule has 1 unspecified atom stereocenters. The topological polar surface area (TPSA) is 70.3 Å². The van der Waals surface area contributed by atoms with Gasteiger partial charge in [-0.2, -0.15) is 0 Å². The number of aromatic nitrogens is 2. The molecule has 106 valence electrons. The summed E-state index contributed by atoms with van der Waals surface area (Å²) >= 11 is 0. The van der Waals surface area contributed by atoms with Crippen molar-refractivity contribution < 1.29 is 0 Å². The molecule has 2 heterocycles. The molecule has 1 fully saturated rings. The van der Waals surface area contributed by atoms with Crippen LogP contribution in [-0.4, -0.2) is 53.0 Å². The average Bonchev–Trinajstić information content (AvgIpc) is 2.74. The highest BCUT2D eigenvalue weighted by Crippen LogP contribution is 2.16. The second kappa shape index (κ2) is 6.27. The minimum atomic E-state index is 0.655. The fraction of sp³-hybridized carbons (Fsp3) is 0.692. The Bertz CT molecular complexity index is 422. The molecular weight excluding hydrogens is 240 g/mol. The van der Waals surface area contributed by atoms with Gasteiger partial charge in [0, 0.05) is 24.3 Å². The van der Waals surface area contributed by atoms with E-state index >= 15 is 0 Å². The maximum atomic E-state index is 5.41. The summed E-state index contributed by atoms with van der Waals surface area (Å²) in [5.74, 6) is 6.90. The summed E-state index contributed by atoms with van der Waals surface area (Å²) in [5, 5.41) is 0. The summed E-state index contributed by atoms with van der Waals surface area (Å²) in [6.45, 7) is 4.97. The normalized spacial score (nSPS) is 20.2. The molecule has 1 aromatic heterocycles. The zero-order chi connectivity index (χ0) is 13.8. The van der Waals surface area contributed by atoms with Gasteiger partial charge in [0.15, 0.2) is 0 Å². The summed E-state index contributed by atoms with van der Waals surface area (Å²) < 4.78 is 0. The third-order valence-electron chi connectivity index (χ3n) is 3.65. The van der Waals surface area contributed by atoms with Crippen LogP contribution in [0, 0.1) is 6.92 Å². The highest BCUT2D eigenvalue weighted by molar-refractivity contribution is 5.33. The van der Waals surface area contributed by atoms with Gasteiger partial charge in [-0.3, -0.25) is 4.90 Å².